The fourth-order valence-corrected chi connectivity index (χ4v) is 4.48. The van der Waals surface area contributed by atoms with Crippen molar-refractivity contribution < 1.29 is 24.2 Å². The standard InChI is InChI=1S/C28H28N2O5/c1-2-19(16-27(32)33)29-26(31)15-18-8-7-9-20(14-18)30-28(34)35-17-25-23-12-5-3-10-21(23)22-11-4-6-13-24(22)25/h3-14,19,25H,2,15-17H2,1H3,(H,29,31)(H,30,34)(H,32,33)/t19-/m1/s1. The highest BCUT2D eigenvalue weighted by atomic mass is 16.5. The number of benzene rings is 3. The lowest BCUT2D eigenvalue weighted by molar-refractivity contribution is -0.137. The predicted octanol–water partition coefficient (Wildman–Crippen LogP) is 4.96. The Morgan fingerprint density at radius 3 is 2.23 bits per heavy atom. The van der Waals surface area contributed by atoms with Gasteiger partial charge in [0.15, 0.2) is 0 Å². The van der Waals surface area contributed by atoms with Crippen LogP contribution in [0.5, 0.6) is 0 Å². The Balaban J connectivity index is 1.34. The highest BCUT2D eigenvalue weighted by Gasteiger charge is 2.29. The van der Waals surface area contributed by atoms with Gasteiger partial charge in [0.2, 0.25) is 5.91 Å². The average Bonchev–Trinajstić information content (AvgIpc) is 3.16. The number of carbonyl (C=O) groups excluding carboxylic acids is 2. The number of fused-ring (bicyclic) bond motifs is 3. The molecule has 0 bridgehead atoms. The Bertz CT molecular complexity index is 1190. The molecule has 0 unspecified atom stereocenters. The lowest BCUT2D eigenvalue weighted by Gasteiger charge is -2.15. The van der Waals surface area contributed by atoms with Crippen molar-refractivity contribution in [1.29, 1.82) is 0 Å². The van der Waals surface area contributed by atoms with Crippen molar-refractivity contribution in [3.8, 4) is 11.1 Å². The van der Waals surface area contributed by atoms with E-state index in [-0.39, 0.29) is 31.3 Å². The maximum absolute atomic E-state index is 12.5. The van der Waals surface area contributed by atoms with Gasteiger partial charge in [-0.05, 0) is 46.4 Å². The van der Waals surface area contributed by atoms with E-state index in [2.05, 4.69) is 34.9 Å². The number of rotatable bonds is 9. The minimum Gasteiger partial charge on any atom is -0.481 e. The van der Waals surface area contributed by atoms with E-state index in [4.69, 9.17) is 9.84 Å². The van der Waals surface area contributed by atoms with Crippen LogP contribution >= 0.6 is 0 Å². The molecule has 1 aliphatic carbocycles. The highest BCUT2D eigenvalue weighted by molar-refractivity contribution is 5.86. The molecule has 0 spiro atoms. The number of anilines is 1. The molecule has 1 aliphatic rings. The third-order valence-corrected chi connectivity index (χ3v) is 6.16. The number of carboxylic acids is 1. The third-order valence-electron chi connectivity index (χ3n) is 6.16. The van der Waals surface area contributed by atoms with Crippen molar-refractivity contribution in [2.75, 3.05) is 11.9 Å². The molecule has 7 heteroatoms. The first-order valence-corrected chi connectivity index (χ1v) is 11.7. The summed E-state index contributed by atoms with van der Waals surface area (Å²) < 4.78 is 5.58. The molecule has 0 heterocycles. The van der Waals surface area contributed by atoms with Gasteiger partial charge in [0, 0.05) is 17.6 Å². The fourth-order valence-electron chi connectivity index (χ4n) is 4.48. The van der Waals surface area contributed by atoms with Gasteiger partial charge >= 0.3 is 12.1 Å². The quantitative estimate of drug-likeness (QED) is 0.408. The first kappa shape index (κ1) is 24.0. The number of carboxylic acid groups (broad SMARTS) is 1. The lowest BCUT2D eigenvalue weighted by atomic mass is 9.98. The molecule has 0 aliphatic heterocycles. The largest absolute Gasteiger partial charge is 0.481 e. The van der Waals surface area contributed by atoms with Crippen LogP contribution in [0.25, 0.3) is 11.1 Å². The van der Waals surface area contributed by atoms with E-state index in [9.17, 15) is 14.4 Å². The van der Waals surface area contributed by atoms with Crippen LogP contribution in [0.2, 0.25) is 0 Å². The molecule has 0 fully saturated rings. The molecule has 180 valence electrons. The zero-order valence-corrected chi connectivity index (χ0v) is 19.5. The van der Waals surface area contributed by atoms with Gasteiger partial charge in [-0.3, -0.25) is 14.9 Å². The number of carbonyl (C=O) groups is 3. The summed E-state index contributed by atoms with van der Waals surface area (Å²) in [6.07, 6.45) is -0.0791. The minimum absolute atomic E-state index is 0.0273. The predicted molar refractivity (Wildman–Crippen MR) is 133 cm³/mol. The molecule has 3 aromatic carbocycles. The first-order valence-electron chi connectivity index (χ1n) is 11.7. The molecule has 0 aromatic heterocycles. The minimum atomic E-state index is -0.952. The van der Waals surface area contributed by atoms with Gasteiger partial charge in [-0.2, -0.15) is 0 Å². The summed E-state index contributed by atoms with van der Waals surface area (Å²) in [5.41, 5.74) is 5.83. The van der Waals surface area contributed by atoms with Crippen molar-refractivity contribution in [3.63, 3.8) is 0 Å². The molecule has 2 amide bonds. The second-order valence-electron chi connectivity index (χ2n) is 8.60. The Morgan fingerprint density at radius 1 is 0.943 bits per heavy atom. The topological polar surface area (TPSA) is 105 Å². The summed E-state index contributed by atoms with van der Waals surface area (Å²) in [6.45, 7) is 2.04. The Morgan fingerprint density at radius 2 is 1.60 bits per heavy atom. The van der Waals surface area contributed by atoms with Crippen LogP contribution in [0.4, 0.5) is 10.5 Å². The summed E-state index contributed by atoms with van der Waals surface area (Å²) in [7, 11) is 0. The number of nitrogens with one attached hydrogen (secondary N) is 2. The molecule has 0 radical (unpaired) electrons. The number of amides is 2. The van der Waals surface area contributed by atoms with Gasteiger partial charge in [-0.25, -0.2) is 4.79 Å². The summed E-state index contributed by atoms with van der Waals surface area (Å²) >= 11 is 0. The van der Waals surface area contributed by atoms with Crippen LogP contribution in [0.3, 0.4) is 0 Å². The molecule has 0 saturated carbocycles. The van der Waals surface area contributed by atoms with E-state index < -0.39 is 18.1 Å². The average molecular weight is 473 g/mol. The molecule has 0 saturated heterocycles. The molecular weight excluding hydrogens is 444 g/mol. The number of aliphatic carboxylic acids is 1. The van der Waals surface area contributed by atoms with E-state index in [0.717, 1.165) is 22.3 Å². The Hall–Kier alpha value is -4.13. The molecule has 3 N–H and O–H groups in total. The zero-order valence-electron chi connectivity index (χ0n) is 19.5. The van der Waals surface area contributed by atoms with Crippen molar-refractivity contribution in [3.05, 3.63) is 89.5 Å². The summed E-state index contributed by atoms with van der Waals surface area (Å²) in [5.74, 6) is -1.25. The first-order chi connectivity index (χ1) is 16.9. The van der Waals surface area contributed by atoms with E-state index >= 15 is 0 Å². The summed E-state index contributed by atoms with van der Waals surface area (Å²) in [4.78, 5) is 35.8. The van der Waals surface area contributed by atoms with Gasteiger partial charge in [0.25, 0.3) is 0 Å². The summed E-state index contributed by atoms with van der Waals surface area (Å²) in [5, 5.41) is 14.4. The Kier molecular flexibility index (Phi) is 7.45. The van der Waals surface area contributed by atoms with Crippen molar-refractivity contribution in [1.82, 2.24) is 5.32 Å². The van der Waals surface area contributed by atoms with Crippen LogP contribution in [0.1, 0.15) is 42.4 Å². The van der Waals surface area contributed by atoms with Crippen molar-refractivity contribution >= 4 is 23.7 Å². The number of hydrogen-bond donors (Lipinski definition) is 3. The van der Waals surface area contributed by atoms with E-state index in [1.165, 1.54) is 0 Å². The van der Waals surface area contributed by atoms with Gasteiger partial charge in [-0.15, -0.1) is 0 Å². The maximum Gasteiger partial charge on any atom is 0.411 e. The van der Waals surface area contributed by atoms with Crippen LogP contribution in [-0.2, 0) is 20.7 Å². The van der Waals surface area contributed by atoms with E-state index in [1.54, 1.807) is 24.3 Å². The van der Waals surface area contributed by atoms with Crippen LogP contribution in [-0.4, -0.2) is 35.7 Å². The molecule has 1 atom stereocenters. The van der Waals surface area contributed by atoms with Gasteiger partial charge in [0.05, 0.1) is 12.8 Å². The van der Waals surface area contributed by atoms with Gasteiger partial charge < -0.3 is 15.2 Å². The van der Waals surface area contributed by atoms with E-state index in [0.29, 0.717) is 17.7 Å². The molecule has 7 nitrogen and oxygen atoms in total. The lowest BCUT2D eigenvalue weighted by Crippen LogP contribution is -2.36. The van der Waals surface area contributed by atoms with Crippen molar-refractivity contribution in [2.45, 2.75) is 38.1 Å². The van der Waals surface area contributed by atoms with Crippen LogP contribution in [0.15, 0.2) is 72.8 Å². The zero-order chi connectivity index (χ0) is 24.8. The monoisotopic (exact) mass is 472 g/mol. The number of ether oxygens (including phenoxy) is 1. The second kappa shape index (κ2) is 10.9. The smallest absolute Gasteiger partial charge is 0.411 e. The molecule has 35 heavy (non-hydrogen) atoms. The summed E-state index contributed by atoms with van der Waals surface area (Å²) in [6, 6.07) is 22.8. The molecular formula is C28H28N2O5. The number of hydrogen-bond acceptors (Lipinski definition) is 4. The SMILES string of the molecule is CC[C@H](CC(=O)O)NC(=O)Cc1cccc(NC(=O)OCC2c3ccccc3-c3ccccc32)c1. The fraction of sp³-hybridized carbons (Fsp3) is 0.250. The van der Waals surface area contributed by atoms with E-state index in [1.807, 2.05) is 31.2 Å². The second-order valence-corrected chi connectivity index (χ2v) is 8.60. The molecule has 4 rings (SSSR count). The van der Waals surface area contributed by atoms with Crippen molar-refractivity contribution in [2.24, 2.45) is 0 Å². The van der Waals surface area contributed by atoms with Crippen LogP contribution in [0, 0.1) is 0 Å². The third kappa shape index (κ3) is 5.87. The maximum atomic E-state index is 12.5. The molecule has 3 aromatic rings. The Labute approximate surface area is 204 Å². The normalized spacial score (nSPS) is 12.8. The van der Waals surface area contributed by atoms with Gasteiger partial charge in [-0.1, -0.05) is 67.6 Å². The highest BCUT2D eigenvalue weighted by Crippen LogP contribution is 2.44. The van der Waals surface area contributed by atoms with Crippen LogP contribution < -0.4 is 10.6 Å². The van der Waals surface area contributed by atoms with Gasteiger partial charge in [0.1, 0.15) is 6.61 Å².